The van der Waals surface area contributed by atoms with Gasteiger partial charge in [-0.2, -0.15) is 0 Å². The lowest BCUT2D eigenvalue weighted by molar-refractivity contribution is 0.990. The zero-order valence-electron chi connectivity index (χ0n) is 7.17. The summed E-state index contributed by atoms with van der Waals surface area (Å²) in [6.45, 7) is 5.58. The van der Waals surface area contributed by atoms with Crippen LogP contribution in [0.1, 0.15) is 6.92 Å². The third kappa shape index (κ3) is 6.65. The van der Waals surface area contributed by atoms with Crippen molar-refractivity contribution in [3.8, 4) is 0 Å². The van der Waals surface area contributed by atoms with Crippen molar-refractivity contribution in [1.29, 1.82) is 0 Å². The molecule has 0 rings (SSSR count). The number of rotatable bonds is 4. The third-order valence-corrected chi connectivity index (χ3v) is 1.21. The summed E-state index contributed by atoms with van der Waals surface area (Å²) in [6.07, 6.45) is 11.5. The van der Waals surface area contributed by atoms with Gasteiger partial charge in [0.1, 0.15) is 0 Å². The lowest BCUT2D eigenvalue weighted by Gasteiger charge is -1.92. The van der Waals surface area contributed by atoms with Crippen LogP contribution >= 0.6 is 0 Å². The largest absolute Gasteiger partial charge is 0.392 e. The molecule has 0 saturated carbocycles. The molecule has 60 valence electrons. The molecule has 0 heterocycles. The highest BCUT2D eigenvalue weighted by Gasteiger charge is 1.73. The van der Waals surface area contributed by atoms with Gasteiger partial charge in [0.05, 0.1) is 0 Å². The molecule has 1 N–H and O–H groups in total. The molecule has 0 bridgehead atoms. The average molecular weight is 149 g/mol. The quantitative estimate of drug-likeness (QED) is 0.605. The molecule has 0 aromatic carbocycles. The predicted molar refractivity (Wildman–Crippen MR) is 51.3 cm³/mol. The Morgan fingerprint density at radius 1 is 1.18 bits per heavy atom. The van der Waals surface area contributed by atoms with E-state index in [9.17, 15) is 0 Å². The molecular formula is C10H15N. The number of allylic oxidation sites excluding steroid dienone is 7. The van der Waals surface area contributed by atoms with Crippen molar-refractivity contribution in [3.63, 3.8) is 0 Å². The standard InChI is InChI=1S/C10H15N/c1-4-5-6-7-8-9-10(2)11-3/h4-9,11H,1H2,2-3H3/b6-5+,8-7-,10-9+. The van der Waals surface area contributed by atoms with Crippen LogP contribution in [0.25, 0.3) is 0 Å². The second-order valence-corrected chi connectivity index (χ2v) is 2.11. The number of nitrogens with one attached hydrogen (secondary N) is 1. The summed E-state index contributed by atoms with van der Waals surface area (Å²) in [5.41, 5.74) is 1.15. The van der Waals surface area contributed by atoms with Gasteiger partial charge in [-0.15, -0.1) is 0 Å². The Morgan fingerprint density at radius 2 is 1.82 bits per heavy atom. The summed E-state index contributed by atoms with van der Waals surface area (Å²) >= 11 is 0. The predicted octanol–water partition coefficient (Wildman–Crippen LogP) is 2.41. The van der Waals surface area contributed by atoms with Crippen LogP contribution in [0.15, 0.2) is 48.7 Å². The Labute approximate surface area is 68.8 Å². The van der Waals surface area contributed by atoms with E-state index in [0.717, 1.165) is 5.70 Å². The zero-order valence-corrected chi connectivity index (χ0v) is 7.17. The minimum atomic E-state index is 1.15. The molecule has 1 heteroatoms. The van der Waals surface area contributed by atoms with Gasteiger partial charge in [0.15, 0.2) is 0 Å². The maximum atomic E-state index is 3.56. The van der Waals surface area contributed by atoms with Crippen molar-refractivity contribution in [3.05, 3.63) is 48.7 Å². The van der Waals surface area contributed by atoms with Gasteiger partial charge in [0.25, 0.3) is 0 Å². The first kappa shape index (κ1) is 9.76. The van der Waals surface area contributed by atoms with E-state index in [0.29, 0.717) is 0 Å². The number of hydrogen-bond donors (Lipinski definition) is 1. The number of hydrogen-bond acceptors (Lipinski definition) is 1. The molecule has 0 radical (unpaired) electrons. The first-order valence-electron chi connectivity index (χ1n) is 3.61. The van der Waals surface area contributed by atoms with Crippen molar-refractivity contribution >= 4 is 0 Å². The van der Waals surface area contributed by atoms with Crippen LogP contribution in [0, 0.1) is 0 Å². The molecule has 0 fully saturated rings. The monoisotopic (exact) mass is 149 g/mol. The Hall–Kier alpha value is -1.24. The zero-order chi connectivity index (χ0) is 8.53. The van der Waals surface area contributed by atoms with Crippen LogP contribution < -0.4 is 5.32 Å². The Bertz CT molecular complexity index is 185. The van der Waals surface area contributed by atoms with Gasteiger partial charge in [0.2, 0.25) is 0 Å². The minimum Gasteiger partial charge on any atom is -0.392 e. The second kappa shape index (κ2) is 6.87. The molecule has 0 unspecified atom stereocenters. The van der Waals surface area contributed by atoms with E-state index in [1.807, 2.05) is 44.4 Å². The molecule has 11 heavy (non-hydrogen) atoms. The topological polar surface area (TPSA) is 12.0 Å². The van der Waals surface area contributed by atoms with Crippen LogP contribution in [0.2, 0.25) is 0 Å². The van der Waals surface area contributed by atoms with Crippen molar-refractivity contribution < 1.29 is 0 Å². The Balaban J connectivity index is 3.76. The van der Waals surface area contributed by atoms with E-state index in [1.165, 1.54) is 0 Å². The van der Waals surface area contributed by atoms with E-state index in [4.69, 9.17) is 0 Å². The minimum absolute atomic E-state index is 1.15. The molecule has 1 nitrogen and oxygen atoms in total. The summed E-state index contributed by atoms with van der Waals surface area (Å²) in [6, 6.07) is 0. The lowest BCUT2D eigenvalue weighted by atomic mass is 10.3. The van der Waals surface area contributed by atoms with Crippen LogP contribution in [0.4, 0.5) is 0 Å². The highest BCUT2D eigenvalue weighted by Crippen LogP contribution is 1.86. The van der Waals surface area contributed by atoms with Gasteiger partial charge in [-0.3, -0.25) is 0 Å². The summed E-state index contributed by atoms with van der Waals surface area (Å²) in [5, 5.41) is 3.02. The fourth-order valence-corrected chi connectivity index (χ4v) is 0.490. The highest BCUT2D eigenvalue weighted by atomic mass is 14.8. The molecule has 0 saturated heterocycles. The third-order valence-electron chi connectivity index (χ3n) is 1.21. The molecule has 0 aliphatic carbocycles. The van der Waals surface area contributed by atoms with Crippen LogP contribution in [0.5, 0.6) is 0 Å². The highest BCUT2D eigenvalue weighted by molar-refractivity contribution is 5.16. The SMILES string of the molecule is C=C/C=C/C=C\C=C(/C)NC. The summed E-state index contributed by atoms with van der Waals surface area (Å²) in [4.78, 5) is 0. The Morgan fingerprint density at radius 3 is 2.36 bits per heavy atom. The molecular weight excluding hydrogens is 134 g/mol. The molecule has 0 spiro atoms. The molecule has 0 aromatic heterocycles. The van der Waals surface area contributed by atoms with Crippen LogP contribution in [0.3, 0.4) is 0 Å². The summed E-state index contributed by atoms with van der Waals surface area (Å²) in [5.74, 6) is 0. The van der Waals surface area contributed by atoms with Crippen molar-refractivity contribution in [2.24, 2.45) is 0 Å². The molecule has 0 amide bonds. The maximum Gasteiger partial charge on any atom is 0.00724 e. The van der Waals surface area contributed by atoms with Crippen molar-refractivity contribution in [2.75, 3.05) is 7.05 Å². The first-order valence-corrected chi connectivity index (χ1v) is 3.61. The van der Waals surface area contributed by atoms with E-state index < -0.39 is 0 Å². The lowest BCUT2D eigenvalue weighted by Crippen LogP contribution is -2.00. The van der Waals surface area contributed by atoms with Crippen LogP contribution in [-0.2, 0) is 0 Å². The van der Waals surface area contributed by atoms with Crippen molar-refractivity contribution in [1.82, 2.24) is 5.32 Å². The van der Waals surface area contributed by atoms with Crippen LogP contribution in [-0.4, -0.2) is 7.05 Å². The van der Waals surface area contributed by atoms with E-state index in [1.54, 1.807) is 6.08 Å². The van der Waals surface area contributed by atoms with Gasteiger partial charge in [0, 0.05) is 12.7 Å². The molecule has 0 atom stereocenters. The van der Waals surface area contributed by atoms with Gasteiger partial charge in [-0.1, -0.05) is 37.0 Å². The molecule has 0 aliphatic heterocycles. The van der Waals surface area contributed by atoms with Crippen molar-refractivity contribution in [2.45, 2.75) is 6.92 Å². The fourth-order valence-electron chi connectivity index (χ4n) is 0.490. The maximum absolute atomic E-state index is 3.56. The van der Waals surface area contributed by atoms with Gasteiger partial charge >= 0.3 is 0 Å². The Kier molecular flexibility index (Phi) is 6.10. The van der Waals surface area contributed by atoms with E-state index >= 15 is 0 Å². The van der Waals surface area contributed by atoms with Gasteiger partial charge < -0.3 is 5.32 Å². The summed E-state index contributed by atoms with van der Waals surface area (Å²) < 4.78 is 0. The second-order valence-electron chi connectivity index (χ2n) is 2.11. The first-order chi connectivity index (χ1) is 5.31. The van der Waals surface area contributed by atoms with Gasteiger partial charge in [-0.25, -0.2) is 0 Å². The molecule has 0 aromatic rings. The average Bonchev–Trinajstić information content (AvgIpc) is 2.04. The summed E-state index contributed by atoms with van der Waals surface area (Å²) in [7, 11) is 1.90. The van der Waals surface area contributed by atoms with E-state index in [2.05, 4.69) is 11.9 Å². The normalized spacial score (nSPS) is 12.7. The smallest absolute Gasteiger partial charge is 0.00724 e. The fraction of sp³-hybridized carbons (Fsp3) is 0.200. The molecule has 0 aliphatic rings. The van der Waals surface area contributed by atoms with E-state index in [-0.39, 0.29) is 0 Å². The van der Waals surface area contributed by atoms with Gasteiger partial charge in [-0.05, 0) is 13.0 Å².